The van der Waals surface area contributed by atoms with Crippen LogP contribution in [0.2, 0.25) is 0 Å². The lowest BCUT2D eigenvalue weighted by Gasteiger charge is -2.32. The van der Waals surface area contributed by atoms with Crippen LogP contribution in [0, 0.1) is 6.92 Å². The molecule has 126 valence electrons. The predicted molar refractivity (Wildman–Crippen MR) is 95.1 cm³/mol. The zero-order valence-corrected chi connectivity index (χ0v) is 15.1. The van der Waals surface area contributed by atoms with Gasteiger partial charge in [-0.05, 0) is 69.9 Å². The fourth-order valence-electron chi connectivity index (χ4n) is 2.57. The van der Waals surface area contributed by atoms with Gasteiger partial charge in [-0.2, -0.15) is 0 Å². The molecule has 1 aliphatic rings. The van der Waals surface area contributed by atoms with E-state index >= 15 is 0 Å². The van der Waals surface area contributed by atoms with Crippen molar-refractivity contribution >= 4 is 13.2 Å². The molecule has 1 saturated heterocycles. The van der Waals surface area contributed by atoms with Crippen LogP contribution in [0.1, 0.15) is 44.4 Å². The van der Waals surface area contributed by atoms with Crippen LogP contribution in [0.4, 0.5) is 0 Å². The Kier molecular flexibility index (Phi) is 5.36. The van der Waals surface area contributed by atoms with Crippen molar-refractivity contribution in [1.29, 1.82) is 0 Å². The van der Waals surface area contributed by atoms with Gasteiger partial charge in [0.25, 0.3) is 0 Å². The van der Waals surface area contributed by atoms with Crippen molar-refractivity contribution in [3.8, 4) is 0 Å². The van der Waals surface area contributed by atoms with Gasteiger partial charge in [0.1, 0.15) is 0 Å². The van der Waals surface area contributed by atoms with E-state index in [1.54, 1.807) is 0 Å². The summed E-state index contributed by atoms with van der Waals surface area (Å²) in [7, 11) is 1.54. The molecule has 0 amide bonds. The second-order valence-corrected chi connectivity index (χ2v) is 7.18. The van der Waals surface area contributed by atoms with Crippen molar-refractivity contribution < 1.29 is 14.4 Å². The lowest BCUT2D eigenvalue weighted by atomic mass is 9.77. The number of hydrogen-bond acceptors (Lipinski definition) is 4. The Bertz CT molecular complexity index is 580. The van der Waals surface area contributed by atoms with Crippen LogP contribution in [0.3, 0.4) is 0 Å². The van der Waals surface area contributed by atoms with Crippen LogP contribution in [-0.4, -0.2) is 37.0 Å². The summed E-state index contributed by atoms with van der Waals surface area (Å²) in [6.45, 7) is 10.9. The number of benzene rings is 1. The first-order valence-electron chi connectivity index (χ1n) is 8.11. The fraction of sp³-hybridized carbons (Fsp3) is 0.556. The first kappa shape index (κ1) is 18.2. The van der Waals surface area contributed by atoms with E-state index in [0.29, 0.717) is 6.54 Å². The molecule has 2 rings (SSSR count). The molecule has 0 spiro atoms. The van der Waals surface area contributed by atoms with Crippen molar-refractivity contribution in [1.82, 2.24) is 5.32 Å². The molecule has 0 radical (unpaired) electrons. The Morgan fingerprint density at radius 3 is 2.35 bits per heavy atom. The quantitative estimate of drug-likeness (QED) is 0.820. The van der Waals surface area contributed by atoms with Crippen LogP contribution in [0.25, 0.3) is 6.08 Å². The van der Waals surface area contributed by atoms with Gasteiger partial charge in [0.2, 0.25) is 0 Å². The maximum Gasteiger partial charge on any atom is 0.491 e. The van der Waals surface area contributed by atoms with Crippen molar-refractivity contribution in [3.63, 3.8) is 0 Å². The van der Waals surface area contributed by atoms with E-state index in [-0.39, 0.29) is 24.9 Å². The molecule has 1 heterocycles. The van der Waals surface area contributed by atoms with Gasteiger partial charge in [-0.15, -0.1) is 0 Å². The van der Waals surface area contributed by atoms with Crippen molar-refractivity contribution in [2.75, 3.05) is 13.6 Å². The number of nitrogens with one attached hydrogen (secondary N) is 1. The minimum absolute atomic E-state index is 0.0470. The van der Waals surface area contributed by atoms with Gasteiger partial charge in [0.15, 0.2) is 0 Å². The smallest absolute Gasteiger partial charge is 0.400 e. The third-order valence-electron chi connectivity index (χ3n) is 4.83. The van der Waals surface area contributed by atoms with E-state index in [1.165, 1.54) is 0 Å². The van der Waals surface area contributed by atoms with Crippen LogP contribution < -0.4 is 5.32 Å². The van der Waals surface area contributed by atoms with Crippen molar-refractivity contribution in [2.45, 2.75) is 52.4 Å². The lowest BCUT2D eigenvalue weighted by Crippen LogP contribution is -2.41. The van der Waals surface area contributed by atoms with Gasteiger partial charge < -0.3 is 19.7 Å². The summed E-state index contributed by atoms with van der Waals surface area (Å²) in [6, 6.07) is 6.09. The molecule has 1 aromatic rings. The topological polar surface area (TPSA) is 50.7 Å². The number of hydrogen-bond donors (Lipinski definition) is 2. The Balaban J connectivity index is 2.32. The number of aryl methyl sites for hydroxylation is 1. The van der Waals surface area contributed by atoms with Crippen LogP contribution >= 0.6 is 0 Å². The molecule has 0 bridgehead atoms. The van der Waals surface area contributed by atoms with Gasteiger partial charge in [0, 0.05) is 6.54 Å². The van der Waals surface area contributed by atoms with Crippen LogP contribution in [0.15, 0.2) is 23.7 Å². The highest BCUT2D eigenvalue weighted by Crippen LogP contribution is 2.38. The summed E-state index contributed by atoms with van der Waals surface area (Å²) in [5.41, 5.74) is 3.41. The Hall–Kier alpha value is -1.14. The largest absolute Gasteiger partial charge is 0.491 e. The Labute approximate surface area is 140 Å². The molecule has 0 atom stereocenters. The highest BCUT2D eigenvalue weighted by molar-refractivity contribution is 6.55. The molecule has 5 heteroatoms. The molecule has 2 N–H and O–H groups in total. The van der Waals surface area contributed by atoms with Gasteiger partial charge in [-0.3, -0.25) is 0 Å². The summed E-state index contributed by atoms with van der Waals surface area (Å²) in [6.07, 6.45) is 2.08. The second-order valence-electron chi connectivity index (χ2n) is 7.18. The predicted octanol–water partition coefficient (Wildman–Crippen LogP) is 2.72. The monoisotopic (exact) mass is 317 g/mol. The third-order valence-corrected chi connectivity index (χ3v) is 4.83. The summed E-state index contributed by atoms with van der Waals surface area (Å²) in [5, 5.41) is 12.6. The van der Waals surface area contributed by atoms with E-state index in [9.17, 15) is 5.11 Å². The number of aliphatic hydroxyl groups excluding tert-OH is 1. The maximum atomic E-state index is 9.45. The molecule has 4 nitrogen and oxygen atoms in total. The van der Waals surface area contributed by atoms with Gasteiger partial charge in [0.05, 0.1) is 17.8 Å². The van der Waals surface area contributed by atoms with Gasteiger partial charge in [-0.1, -0.05) is 18.2 Å². The zero-order valence-electron chi connectivity index (χ0n) is 15.1. The second kappa shape index (κ2) is 6.77. The molecule has 0 aromatic heterocycles. The zero-order chi connectivity index (χ0) is 17.3. The summed E-state index contributed by atoms with van der Waals surface area (Å²) in [5.74, 6) is 0. The third kappa shape index (κ3) is 3.86. The van der Waals surface area contributed by atoms with E-state index in [4.69, 9.17) is 9.31 Å². The van der Waals surface area contributed by atoms with Crippen molar-refractivity contribution in [2.24, 2.45) is 0 Å². The highest BCUT2D eigenvalue weighted by atomic mass is 16.7. The van der Waals surface area contributed by atoms with E-state index in [2.05, 4.69) is 45.2 Å². The number of aliphatic hydroxyl groups is 1. The molecular weight excluding hydrogens is 289 g/mol. The molecule has 0 aliphatic carbocycles. The van der Waals surface area contributed by atoms with E-state index < -0.39 is 0 Å². The average Bonchev–Trinajstić information content (AvgIpc) is 2.69. The van der Waals surface area contributed by atoms with Crippen LogP contribution in [0.5, 0.6) is 0 Å². The summed E-state index contributed by atoms with van der Waals surface area (Å²) in [4.78, 5) is 0. The van der Waals surface area contributed by atoms with Crippen molar-refractivity contribution in [3.05, 3.63) is 40.4 Å². The lowest BCUT2D eigenvalue weighted by molar-refractivity contribution is 0.00578. The molecule has 1 aromatic carbocycles. The van der Waals surface area contributed by atoms with Crippen LogP contribution in [-0.2, 0) is 15.9 Å². The maximum absolute atomic E-state index is 9.45. The average molecular weight is 317 g/mol. The SMILES string of the molecule is CNCC(=Cc1ccc(C)c(CO)c1)B1OC(C)(C)C(C)(C)O1. The molecule has 1 aliphatic heterocycles. The highest BCUT2D eigenvalue weighted by Gasteiger charge is 2.52. The first-order chi connectivity index (χ1) is 10.7. The normalized spacial score (nSPS) is 20.1. The Morgan fingerprint density at radius 1 is 1.22 bits per heavy atom. The standard InChI is InChI=1S/C18H28BNO3/c1-13-7-8-14(9-15(13)12-21)10-16(11-20-6)19-22-17(2,3)18(4,5)23-19/h7-10,20-21H,11-12H2,1-6H3. The first-order valence-corrected chi connectivity index (χ1v) is 8.11. The molecular formula is C18H28BNO3. The summed E-state index contributed by atoms with van der Waals surface area (Å²) < 4.78 is 12.3. The van der Waals surface area contributed by atoms with E-state index in [1.807, 2.05) is 26.1 Å². The number of likely N-dealkylation sites (N-methyl/N-ethyl adjacent to an activating group) is 1. The van der Waals surface area contributed by atoms with Gasteiger partial charge >= 0.3 is 7.12 Å². The summed E-state index contributed by atoms with van der Waals surface area (Å²) >= 11 is 0. The minimum Gasteiger partial charge on any atom is -0.400 e. The molecule has 1 fully saturated rings. The molecule has 0 saturated carbocycles. The number of rotatable bonds is 5. The fourth-order valence-corrected chi connectivity index (χ4v) is 2.57. The molecule has 23 heavy (non-hydrogen) atoms. The minimum atomic E-state index is -0.369. The Morgan fingerprint density at radius 2 is 1.83 bits per heavy atom. The molecule has 0 unspecified atom stereocenters. The van der Waals surface area contributed by atoms with E-state index in [0.717, 1.165) is 22.2 Å². The van der Waals surface area contributed by atoms with Gasteiger partial charge in [-0.25, -0.2) is 0 Å².